The van der Waals surface area contributed by atoms with Gasteiger partial charge in [0.05, 0.1) is 13.7 Å². The number of rotatable bonds is 4. The fraction of sp³-hybridized carbons (Fsp3) is 0.250. The molecule has 0 spiro atoms. The average molecular weight is 247 g/mol. The maximum absolute atomic E-state index is 11.2. The molecule has 2 aromatic heterocycles. The van der Waals surface area contributed by atoms with Crippen LogP contribution in [0, 0.1) is 6.92 Å². The van der Waals surface area contributed by atoms with E-state index in [-0.39, 0.29) is 5.76 Å². The van der Waals surface area contributed by atoms with Gasteiger partial charge >= 0.3 is 5.97 Å². The molecule has 0 atom stereocenters. The predicted molar refractivity (Wildman–Crippen MR) is 64.1 cm³/mol. The van der Waals surface area contributed by atoms with Crippen LogP contribution >= 0.6 is 0 Å². The van der Waals surface area contributed by atoms with Crippen LogP contribution in [0.25, 0.3) is 0 Å². The van der Waals surface area contributed by atoms with E-state index in [1.165, 1.54) is 7.11 Å². The Kier molecular flexibility index (Phi) is 3.57. The number of nitrogens with zero attached hydrogens (tertiary/aromatic N) is 2. The van der Waals surface area contributed by atoms with Gasteiger partial charge in [-0.15, -0.1) is 0 Å². The van der Waals surface area contributed by atoms with Crippen molar-refractivity contribution in [3.05, 3.63) is 41.6 Å². The molecule has 0 unspecified atom stereocenters. The number of nitrogens with one attached hydrogen (secondary N) is 1. The van der Waals surface area contributed by atoms with Crippen LogP contribution in [-0.2, 0) is 11.3 Å². The predicted octanol–water partition coefficient (Wildman–Crippen LogP) is 1.78. The Morgan fingerprint density at radius 3 is 3.00 bits per heavy atom. The van der Waals surface area contributed by atoms with E-state index in [9.17, 15) is 4.79 Å². The Hall–Kier alpha value is -2.37. The van der Waals surface area contributed by atoms with E-state index < -0.39 is 5.97 Å². The van der Waals surface area contributed by atoms with Crippen molar-refractivity contribution < 1.29 is 13.9 Å². The monoisotopic (exact) mass is 247 g/mol. The molecule has 0 aliphatic carbocycles. The molecular formula is C12H13N3O3. The van der Waals surface area contributed by atoms with Gasteiger partial charge in [0.1, 0.15) is 5.76 Å². The molecule has 0 fully saturated rings. The second-order valence-corrected chi connectivity index (χ2v) is 3.63. The minimum absolute atomic E-state index is 0.180. The number of furan rings is 1. The first kappa shape index (κ1) is 12.1. The number of aryl methyl sites for hydroxylation is 1. The highest BCUT2D eigenvalue weighted by Gasteiger charge is 2.10. The van der Waals surface area contributed by atoms with Gasteiger partial charge < -0.3 is 14.5 Å². The zero-order valence-corrected chi connectivity index (χ0v) is 10.1. The lowest BCUT2D eigenvalue weighted by molar-refractivity contribution is 0.0563. The van der Waals surface area contributed by atoms with E-state index in [0.29, 0.717) is 18.3 Å². The van der Waals surface area contributed by atoms with E-state index in [4.69, 9.17) is 4.42 Å². The second kappa shape index (κ2) is 5.31. The maximum atomic E-state index is 11.2. The van der Waals surface area contributed by atoms with Gasteiger partial charge in [0, 0.05) is 11.9 Å². The third kappa shape index (κ3) is 2.85. The number of esters is 1. The van der Waals surface area contributed by atoms with Gasteiger partial charge in [0.25, 0.3) is 0 Å². The lowest BCUT2D eigenvalue weighted by Gasteiger charge is -2.02. The lowest BCUT2D eigenvalue weighted by atomic mass is 10.4. The zero-order valence-electron chi connectivity index (χ0n) is 10.1. The minimum atomic E-state index is -0.493. The normalized spacial score (nSPS) is 10.1. The van der Waals surface area contributed by atoms with Gasteiger partial charge in [-0.05, 0) is 25.1 Å². The van der Waals surface area contributed by atoms with Gasteiger partial charge in [-0.1, -0.05) is 0 Å². The quantitative estimate of drug-likeness (QED) is 0.830. The lowest BCUT2D eigenvalue weighted by Crippen LogP contribution is -2.03. The molecule has 6 heteroatoms. The van der Waals surface area contributed by atoms with Crippen molar-refractivity contribution in [1.82, 2.24) is 9.97 Å². The molecule has 2 rings (SSSR count). The fourth-order valence-electron chi connectivity index (χ4n) is 1.38. The molecule has 2 heterocycles. The van der Waals surface area contributed by atoms with Crippen molar-refractivity contribution in [3.8, 4) is 0 Å². The molecule has 0 aromatic carbocycles. The third-order valence-electron chi connectivity index (χ3n) is 2.26. The van der Waals surface area contributed by atoms with Gasteiger partial charge in [0.15, 0.2) is 0 Å². The van der Waals surface area contributed by atoms with Gasteiger partial charge in [0.2, 0.25) is 11.7 Å². The summed E-state index contributed by atoms with van der Waals surface area (Å²) >= 11 is 0. The molecule has 0 aliphatic rings. The van der Waals surface area contributed by atoms with Crippen molar-refractivity contribution in [2.45, 2.75) is 13.5 Å². The molecule has 0 saturated heterocycles. The van der Waals surface area contributed by atoms with Gasteiger partial charge in [-0.25, -0.2) is 14.8 Å². The molecule has 0 amide bonds. The van der Waals surface area contributed by atoms with Gasteiger partial charge in [-0.3, -0.25) is 0 Å². The van der Waals surface area contributed by atoms with Crippen LogP contribution in [0.2, 0.25) is 0 Å². The number of aromatic nitrogens is 2. The van der Waals surface area contributed by atoms with Crippen LogP contribution < -0.4 is 5.32 Å². The van der Waals surface area contributed by atoms with E-state index in [1.807, 2.05) is 13.0 Å². The molecule has 0 aliphatic heterocycles. The van der Waals surface area contributed by atoms with E-state index in [0.717, 1.165) is 5.69 Å². The Balaban J connectivity index is 1.98. The highest BCUT2D eigenvalue weighted by Crippen LogP contribution is 2.10. The summed E-state index contributed by atoms with van der Waals surface area (Å²) in [7, 11) is 1.31. The van der Waals surface area contributed by atoms with Crippen LogP contribution in [0.3, 0.4) is 0 Å². The highest BCUT2D eigenvalue weighted by atomic mass is 16.5. The summed E-state index contributed by atoms with van der Waals surface area (Å²) in [5.41, 5.74) is 0.877. The summed E-state index contributed by atoms with van der Waals surface area (Å²) < 4.78 is 9.85. The van der Waals surface area contributed by atoms with E-state index >= 15 is 0 Å². The van der Waals surface area contributed by atoms with Crippen LogP contribution in [-0.4, -0.2) is 23.0 Å². The van der Waals surface area contributed by atoms with Crippen LogP contribution in [0.1, 0.15) is 22.0 Å². The molecule has 18 heavy (non-hydrogen) atoms. The number of hydrogen-bond donors (Lipinski definition) is 1. The van der Waals surface area contributed by atoms with Crippen molar-refractivity contribution in [2.75, 3.05) is 12.4 Å². The number of carbonyl (C=O) groups is 1. The molecule has 0 bridgehead atoms. The standard InChI is InChI=1S/C12H13N3O3/c1-8-5-6-13-12(15-8)14-7-9-3-4-10(18-9)11(16)17-2/h3-6H,7H2,1-2H3,(H,13,14,15). The van der Waals surface area contributed by atoms with E-state index in [1.54, 1.807) is 18.3 Å². The topological polar surface area (TPSA) is 77.2 Å². The summed E-state index contributed by atoms with van der Waals surface area (Å²) in [4.78, 5) is 19.4. The van der Waals surface area contributed by atoms with Crippen LogP contribution in [0.15, 0.2) is 28.8 Å². The minimum Gasteiger partial charge on any atom is -0.463 e. The fourth-order valence-corrected chi connectivity index (χ4v) is 1.38. The summed E-state index contributed by atoms with van der Waals surface area (Å²) in [6.45, 7) is 2.29. The maximum Gasteiger partial charge on any atom is 0.373 e. The molecule has 2 aromatic rings. The number of ether oxygens (including phenoxy) is 1. The summed E-state index contributed by atoms with van der Waals surface area (Å²) in [6, 6.07) is 5.09. The first-order valence-electron chi connectivity index (χ1n) is 5.39. The third-order valence-corrected chi connectivity index (χ3v) is 2.26. The van der Waals surface area contributed by atoms with Crippen molar-refractivity contribution in [2.24, 2.45) is 0 Å². The zero-order chi connectivity index (χ0) is 13.0. The SMILES string of the molecule is COC(=O)c1ccc(CNc2nccc(C)n2)o1. The number of hydrogen-bond acceptors (Lipinski definition) is 6. The van der Waals surface area contributed by atoms with Crippen LogP contribution in [0.4, 0.5) is 5.95 Å². The Bertz CT molecular complexity index is 551. The molecule has 6 nitrogen and oxygen atoms in total. The largest absolute Gasteiger partial charge is 0.463 e. The molecule has 94 valence electrons. The highest BCUT2D eigenvalue weighted by molar-refractivity contribution is 5.86. The molecular weight excluding hydrogens is 234 g/mol. The second-order valence-electron chi connectivity index (χ2n) is 3.63. The van der Waals surface area contributed by atoms with Crippen molar-refractivity contribution in [3.63, 3.8) is 0 Å². The number of methoxy groups -OCH3 is 1. The Labute approximate surface area is 104 Å². The Morgan fingerprint density at radius 1 is 1.44 bits per heavy atom. The Morgan fingerprint density at radius 2 is 2.28 bits per heavy atom. The van der Waals surface area contributed by atoms with Crippen molar-refractivity contribution in [1.29, 1.82) is 0 Å². The molecule has 1 N–H and O–H groups in total. The smallest absolute Gasteiger partial charge is 0.373 e. The first-order valence-corrected chi connectivity index (χ1v) is 5.39. The number of carbonyl (C=O) groups excluding carboxylic acids is 1. The summed E-state index contributed by atoms with van der Waals surface area (Å²) in [6.07, 6.45) is 1.67. The van der Waals surface area contributed by atoms with Gasteiger partial charge in [-0.2, -0.15) is 0 Å². The molecule has 0 radical (unpaired) electrons. The average Bonchev–Trinajstić information content (AvgIpc) is 2.84. The van der Waals surface area contributed by atoms with E-state index in [2.05, 4.69) is 20.0 Å². The summed E-state index contributed by atoms with van der Waals surface area (Å²) in [5.74, 6) is 0.819. The van der Waals surface area contributed by atoms with Crippen LogP contribution in [0.5, 0.6) is 0 Å². The number of anilines is 1. The molecule has 0 saturated carbocycles. The summed E-state index contributed by atoms with van der Waals surface area (Å²) in [5, 5.41) is 3.00. The first-order chi connectivity index (χ1) is 8.69. The van der Waals surface area contributed by atoms with Crippen molar-refractivity contribution >= 4 is 11.9 Å².